The van der Waals surface area contributed by atoms with E-state index < -0.39 is 0 Å². The van der Waals surface area contributed by atoms with Crippen molar-refractivity contribution in [1.29, 1.82) is 0 Å². The molecule has 0 heterocycles. The Balaban J connectivity index is 3.14. The summed E-state index contributed by atoms with van der Waals surface area (Å²) in [5, 5.41) is 0. The summed E-state index contributed by atoms with van der Waals surface area (Å²) in [5.41, 5.74) is 4.67. The molecule has 0 bridgehead atoms. The van der Waals surface area contributed by atoms with Gasteiger partial charge in [-0.15, -0.1) is 0 Å². The maximum atomic E-state index is 10.9. The van der Waals surface area contributed by atoms with Crippen LogP contribution in [0.5, 0.6) is 0 Å². The molecule has 0 aromatic heterocycles. The van der Waals surface area contributed by atoms with E-state index in [2.05, 4.69) is 32.0 Å². The number of carbonyl (C=O) groups is 1. The number of ketones is 1. The molecular formula is C13H16O. The summed E-state index contributed by atoms with van der Waals surface area (Å²) in [4.78, 5) is 10.9. The molecule has 1 rings (SSSR count). The molecule has 0 fully saturated rings. The van der Waals surface area contributed by atoms with Crippen molar-refractivity contribution in [2.45, 2.75) is 27.7 Å². The standard InChI is InChI=1S/C13H16O/c1-9-5-6-13(10(2)7-9)11(3)8-12(4)14/h5-8H,1-4H3/b11-8+. The number of rotatable bonds is 2. The smallest absolute Gasteiger partial charge is 0.152 e. The van der Waals surface area contributed by atoms with E-state index in [4.69, 9.17) is 0 Å². The highest BCUT2D eigenvalue weighted by molar-refractivity contribution is 5.94. The molecule has 1 nitrogen and oxygen atoms in total. The lowest BCUT2D eigenvalue weighted by atomic mass is 9.99. The normalized spacial score (nSPS) is 11.6. The molecule has 1 aromatic carbocycles. The van der Waals surface area contributed by atoms with Crippen molar-refractivity contribution >= 4 is 11.4 Å². The average Bonchev–Trinajstić information content (AvgIpc) is 2.01. The lowest BCUT2D eigenvalue weighted by Gasteiger charge is -2.06. The van der Waals surface area contributed by atoms with Gasteiger partial charge in [-0.2, -0.15) is 0 Å². The van der Waals surface area contributed by atoms with E-state index in [1.807, 2.05) is 6.92 Å². The Labute approximate surface area is 85.5 Å². The van der Waals surface area contributed by atoms with Gasteiger partial charge in [0.25, 0.3) is 0 Å². The predicted molar refractivity (Wildman–Crippen MR) is 60.2 cm³/mol. The van der Waals surface area contributed by atoms with E-state index in [1.165, 1.54) is 11.1 Å². The number of hydrogen-bond acceptors (Lipinski definition) is 1. The predicted octanol–water partition coefficient (Wildman–Crippen LogP) is 3.30. The molecule has 74 valence electrons. The van der Waals surface area contributed by atoms with Gasteiger partial charge in [-0.25, -0.2) is 0 Å². The maximum absolute atomic E-state index is 10.9. The van der Waals surface area contributed by atoms with Gasteiger partial charge in [-0.05, 0) is 50.5 Å². The molecule has 0 spiro atoms. The first-order chi connectivity index (χ1) is 6.50. The number of carbonyl (C=O) groups excluding carboxylic acids is 1. The maximum Gasteiger partial charge on any atom is 0.152 e. The van der Waals surface area contributed by atoms with Crippen LogP contribution in [0.3, 0.4) is 0 Å². The van der Waals surface area contributed by atoms with Crippen LogP contribution in [0, 0.1) is 13.8 Å². The van der Waals surface area contributed by atoms with Gasteiger partial charge in [-0.3, -0.25) is 4.79 Å². The summed E-state index contributed by atoms with van der Waals surface area (Å²) in [6.07, 6.45) is 1.68. The topological polar surface area (TPSA) is 17.1 Å². The van der Waals surface area contributed by atoms with Crippen LogP contribution in [0.15, 0.2) is 24.3 Å². The molecule has 0 saturated carbocycles. The monoisotopic (exact) mass is 188 g/mol. The molecule has 0 aliphatic heterocycles. The van der Waals surface area contributed by atoms with Gasteiger partial charge in [0.1, 0.15) is 0 Å². The third-order valence-corrected chi connectivity index (χ3v) is 2.23. The molecule has 0 N–H and O–H groups in total. The molecule has 0 amide bonds. The van der Waals surface area contributed by atoms with Crippen LogP contribution in [-0.2, 0) is 4.79 Å². The minimum Gasteiger partial charge on any atom is -0.295 e. The van der Waals surface area contributed by atoms with Gasteiger partial charge in [0.05, 0.1) is 0 Å². The van der Waals surface area contributed by atoms with Gasteiger partial charge in [0, 0.05) is 0 Å². The molecule has 1 heteroatoms. The first kappa shape index (κ1) is 10.7. The van der Waals surface area contributed by atoms with Crippen LogP contribution >= 0.6 is 0 Å². The second-order valence-corrected chi connectivity index (χ2v) is 3.76. The van der Waals surface area contributed by atoms with Crippen LogP contribution in [0.2, 0.25) is 0 Å². The molecule has 0 atom stereocenters. The number of allylic oxidation sites excluding steroid dienone is 2. The Morgan fingerprint density at radius 2 is 1.86 bits per heavy atom. The molecule has 1 aromatic rings. The second-order valence-electron chi connectivity index (χ2n) is 3.76. The van der Waals surface area contributed by atoms with Crippen LogP contribution < -0.4 is 0 Å². The summed E-state index contributed by atoms with van der Waals surface area (Å²) in [6, 6.07) is 6.27. The summed E-state index contributed by atoms with van der Waals surface area (Å²) in [5.74, 6) is 0.0995. The van der Waals surface area contributed by atoms with E-state index >= 15 is 0 Å². The minimum atomic E-state index is 0.0995. The fourth-order valence-corrected chi connectivity index (χ4v) is 1.64. The zero-order valence-electron chi connectivity index (χ0n) is 9.22. The second kappa shape index (κ2) is 4.23. The summed E-state index contributed by atoms with van der Waals surface area (Å²) >= 11 is 0. The van der Waals surface area contributed by atoms with Gasteiger partial charge in [0.2, 0.25) is 0 Å². The lowest BCUT2D eigenvalue weighted by Crippen LogP contribution is -1.90. The Kier molecular flexibility index (Phi) is 3.23. The SMILES string of the molecule is CC(=O)/C=C(\C)c1ccc(C)cc1C. The van der Waals surface area contributed by atoms with Crippen molar-refractivity contribution in [1.82, 2.24) is 0 Å². The van der Waals surface area contributed by atoms with Crippen molar-refractivity contribution in [2.24, 2.45) is 0 Å². The van der Waals surface area contributed by atoms with Crippen molar-refractivity contribution in [3.8, 4) is 0 Å². The molecule has 0 saturated heterocycles. The van der Waals surface area contributed by atoms with Crippen LogP contribution in [0.4, 0.5) is 0 Å². The average molecular weight is 188 g/mol. The Morgan fingerprint density at radius 3 is 2.36 bits per heavy atom. The molecule has 14 heavy (non-hydrogen) atoms. The Morgan fingerprint density at radius 1 is 1.21 bits per heavy atom. The summed E-state index contributed by atoms with van der Waals surface area (Å²) in [6.45, 7) is 7.69. The van der Waals surface area contributed by atoms with Crippen molar-refractivity contribution in [3.63, 3.8) is 0 Å². The Bertz CT molecular complexity index is 386. The highest BCUT2D eigenvalue weighted by Crippen LogP contribution is 2.19. The quantitative estimate of drug-likeness (QED) is 0.651. The first-order valence-corrected chi connectivity index (χ1v) is 4.77. The third-order valence-electron chi connectivity index (χ3n) is 2.23. The third kappa shape index (κ3) is 2.56. The molecule has 0 aliphatic carbocycles. The molecular weight excluding hydrogens is 172 g/mol. The number of hydrogen-bond donors (Lipinski definition) is 0. The summed E-state index contributed by atoms with van der Waals surface area (Å²) < 4.78 is 0. The van der Waals surface area contributed by atoms with Crippen LogP contribution in [0.25, 0.3) is 5.57 Å². The highest BCUT2D eigenvalue weighted by Gasteiger charge is 2.01. The van der Waals surface area contributed by atoms with Crippen LogP contribution in [-0.4, -0.2) is 5.78 Å². The number of aryl methyl sites for hydroxylation is 2. The zero-order valence-corrected chi connectivity index (χ0v) is 9.22. The summed E-state index contributed by atoms with van der Waals surface area (Å²) in [7, 11) is 0. The van der Waals surface area contributed by atoms with E-state index in [9.17, 15) is 4.79 Å². The first-order valence-electron chi connectivity index (χ1n) is 4.77. The van der Waals surface area contributed by atoms with Gasteiger partial charge in [-0.1, -0.05) is 23.8 Å². The molecule has 0 radical (unpaired) electrons. The van der Waals surface area contributed by atoms with E-state index in [-0.39, 0.29) is 5.78 Å². The molecule has 0 aliphatic rings. The van der Waals surface area contributed by atoms with Crippen molar-refractivity contribution in [2.75, 3.05) is 0 Å². The Hall–Kier alpha value is -1.37. The fraction of sp³-hybridized carbons (Fsp3) is 0.308. The van der Waals surface area contributed by atoms with Crippen molar-refractivity contribution < 1.29 is 4.79 Å². The van der Waals surface area contributed by atoms with Gasteiger partial charge in [0.15, 0.2) is 5.78 Å². The van der Waals surface area contributed by atoms with Crippen LogP contribution in [0.1, 0.15) is 30.5 Å². The zero-order chi connectivity index (χ0) is 10.7. The molecule has 0 unspecified atom stereocenters. The van der Waals surface area contributed by atoms with Gasteiger partial charge >= 0.3 is 0 Å². The fourth-order valence-electron chi connectivity index (χ4n) is 1.64. The van der Waals surface area contributed by atoms with E-state index in [0.717, 1.165) is 11.1 Å². The van der Waals surface area contributed by atoms with E-state index in [0.29, 0.717) is 0 Å². The number of benzene rings is 1. The van der Waals surface area contributed by atoms with Crippen molar-refractivity contribution in [3.05, 3.63) is 41.0 Å². The van der Waals surface area contributed by atoms with E-state index in [1.54, 1.807) is 13.0 Å². The van der Waals surface area contributed by atoms with Gasteiger partial charge < -0.3 is 0 Å². The largest absolute Gasteiger partial charge is 0.295 e. The minimum absolute atomic E-state index is 0.0995. The lowest BCUT2D eigenvalue weighted by molar-refractivity contribution is -0.112. The highest BCUT2D eigenvalue weighted by atomic mass is 16.1.